The summed E-state index contributed by atoms with van der Waals surface area (Å²) in [6.45, 7) is 8.50. The van der Waals surface area contributed by atoms with E-state index in [1.54, 1.807) is 22.9 Å². The van der Waals surface area contributed by atoms with Gasteiger partial charge in [-0.1, -0.05) is 110 Å². The Kier molecular flexibility index (Phi) is 14.8. The van der Waals surface area contributed by atoms with E-state index in [2.05, 4.69) is 45.4 Å². The zero-order valence-corrected chi connectivity index (χ0v) is 32.1. The third-order valence-electron chi connectivity index (χ3n) is 9.88. The van der Waals surface area contributed by atoms with Crippen molar-refractivity contribution in [3.05, 3.63) is 105 Å². The van der Waals surface area contributed by atoms with Crippen molar-refractivity contribution in [2.24, 2.45) is 0 Å². The average Bonchev–Trinajstić information content (AvgIpc) is 3.48. The molecule has 2 heterocycles. The fourth-order valence-electron chi connectivity index (χ4n) is 6.99. The number of carbonyl (C=O) groups excluding carboxylic acids is 2. The highest BCUT2D eigenvalue weighted by Gasteiger charge is 2.27. The van der Waals surface area contributed by atoms with Gasteiger partial charge in [0.15, 0.2) is 5.69 Å². The molecule has 1 aromatic heterocycles. The summed E-state index contributed by atoms with van der Waals surface area (Å²) >= 11 is 18.9. The topological polar surface area (TPSA) is 70.5 Å². The summed E-state index contributed by atoms with van der Waals surface area (Å²) in [6.07, 6.45) is 10.0. The summed E-state index contributed by atoms with van der Waals surface area (Å²) in [5.74, 6) is 0.0688. The summed E-state index contributed by atoms with van der Waals surface area (Å²) in [7, 11) is 0. The molecule has 0 atom stereocenters. The quantitative estimate of drug-likeness (QED) is 0.109. The van der Waals surface area contributed by atoms with Crippen LogP contribution in [0.15, 0.2) is 72.8 Å². The van der Waals surface area contributed by atoms with Crippen molar-refractivity contribution in [3.63, 3.8) is 0 Å². The second-order valence-corrected chi connectivity index (χ2v) is 14.7. The Morgan fingerprint density at radius 3 is 2.22 bits per heavy atom. The van der Waals surface area contributed by atoms with Gasteiger partial charge in [-0.05, 0) is 74.9 Å². The van der Waals surface area contributed by atoms with Crippen LogP contribution in [-0.2, 0) is 11.2 Å². The molecule has 0 radical (unpaired) electrons. The third-order valence-corrected chi connectivity index (χ3v) is 10.7. The number of nitrogens with one attached hydrogen (secondary N) is 1. The summed E-state index contributed by atoms with van der Waals surface area (Å²) in [4.78, 5) is 30.9. The Bertz CT molecular complexity index is 1720. The number of aromatic nitrogens is 2. The van der Waals surface area contributed by atoms with E-state index in [1.165, 1.54) is 5.56 Å². The number of hydrogen-bond acceptors (Lipinski definition) is 4. The van der Waals surface area contributed by atoms with Crippen LogP contribution >= 0.6 is 34.8 Å². The predicted octanol–water partition coefficient (Wildman–Crippen LogP) is 9.82. The highest BCUT2D eigenvalue weighted by atomic mass is 35.5. The molecule has 1 aliphatic heterocycles. The van der Waals surface area contributed by atoms with Crippen molar-refractivity contribution in [3.8, 4) is 16.9 Å². The molecule has 0 saturated carbocycles. The van der Waals surface area contributed by atoms with Crippen molar-refractivity contribution in [2.75, 3.05) is 32.7 Å². The van der Waals surface area contributed by atoms with E-state index in [9.17, 15) is 9.59 Å². The SMILES string of the molecule is CCC(=O)N(CCCCCCCCNC(=O)c1nn(-c2ccc(Cl)cc2Cl)c(-c2ccc(Cl)cc2)c1C)C1CCN(CCc2ccccc2)CC1. The monoisotopic (exact) mass is 749 g/mol. The van der Waals surface area contributed by atoms with Crippen LogP contribution in [0.1, 0.15) is 86.3 Å². The number of hydrogen-bond donors (Lipinski definition) is 1. The van der Waals surface area contributed by atoms with Gasteiger partial charge in [0, 0.05) is 66.4 Å². The minimum atomic E-state index is -0.214. The lowest BCUT2D eigenvalue weighted by molar-refractivity contribution is -0.134. The number of piperidine rings is 1. The smallest absolute Gasteiger partial charge is 0.272 e. The van der Waals surface area contributed by atoms with Gasteiger partial charge in [0.2, 0.25) is 5.91 Å². The number of nitrogens with zero attached hydrogens (tertiary/aromatic N) is 4. The number of halogens is 3. The van der Waals surface area contributed by atoms with Gasteiger partial charge in [-0.15, -0.1) is 0 Å². The molecule has 51 heavy (non-hydrogen) atoms. The molecule has 0 unspecified atom stereocenters. The van der Waals surface area contributed by atoms with Crippen LogP contribution in [0.3, 0.4) is 0 Å². The largest absolute Gasteiger partial charge is 0.351 e. The molecule has 272 valence electrons. The van der Waals surface area contributed by atoms with E-state index in [0.29, 0.717) is 45.5 Å². The Balaban J connectivity index is 1.03. The number of likely N-dealkylation sites (tertiary alicyclic amines) is 1. The predicted molar refractivity (Wildman–Crippen MR) is 210 cm³/mol. The number of rotatable bonds is 17. The van der Waals surface area contributed by atoms with Crippen LogP contribution in [0.5, 0.6) is 0 Å². The van der Waals surface area contributed by atoms with Crippen molar-refractivity contribution in [2.45, 2.75) is 84.1 Å². The maximum atomic E-state index is 13.3. The minimum absolute atomic E-state index is 0.214. The molecule has 1 saturated heterocycles. The molecular formula is C41H50Cl3N5O2. The van der Waals surface area contributed by atoms with Gasteiger partial charge in [0.25, 0.3) is 5.91 Å². The number of carbonyl (C=O) groups is 2. The van der Waals surface area contributed by atoms with Crippen LogP contribution in [-0.4, -0.2) is 70.2 Å². The second kappa shape index (κ2) is 19.5. The highest BCUT2D eigenvalue weighted by Crippen LogP contribution is 2.33. The van der Waals surface area contributed by atoms with Gasteiger partial charge in [0.05, 0.1) is 16.4 Å². The minimum Gasteiger partial charge on any atom is -0.351 e. The molecule has 7 nitrogen and oxygen atoms in total. The van der Waals surface area contributed by atoms with E-state index >= 15 is 0 Å². The fraction of sp³-hybridized carbons (Fsp3) is 0.439. The first-order chi connectivity index (χ1) is 24.7. The standard InChI is InChI=1S/C41H50Cl3N5O2/c1-3-38(50)48(35-22-27-47(28-23-35)26-21-31-13-9-8-10-14-31)25-12-7-5-4-6-11-24-45-41(51)39-30(2)40(32-15-17-33(42)18-16-32)49(46-39)37-20-19-34(43)29-36(37)44/h8-10,13-20,29,35H,3-7,11-12,21-28H2,1-2H3,(H,45,51). The first-order valence-electron chi connectivity index (χ1n) is 18.4. The lowest BCUT2D eigenvalue weighted by Crippen LogP contribution is -2.48. The van der Waals surface area contributed by atoms with Crippen molar-refractivity contribution < 1.29 is 9.59 Å². The third kappa shape index (κ3) is 10.8. The van der Waals surface area contributed by atoms with Gasteiger partial charge >= 0.3 is 0 Å². The van der Waals surface area contributed by atoms with Crippen molar-refractivity contribution in [1.29, 1.82) is 0 Å². The molecule has 0 spiro atoms. The van der Waals surface area contributed by atoms with Gasteiger partial charge in [-0.25, -0.2) is 4.68 Å². The van der Waals surface area contributed by atoms with Gasteiger partial charge in [-0.3, -0.25) is 9.59 Å². The summed E-state index contributed by atoms with van der Waals surface area (Å²) in [6, 6.07) is 23.7. The molecule has 1 N–H and O–H groups in total. The van der Waals surface area contributed by atoms with E-state index in [0.717, 1.165) is 101 Å². The number of benzene rings is 3. The molecule has 4 aromatic rings. The Hall–Kier alpha value is -3.36. The van der Waals surface area contributed by atoms with E-state index < -0.39 is 0 Å². The molecule has 2 amide bonds. The summed E-state index contributed by atoms with van der Waals surface area (Å²) in [5.41, 5.74) is 4.77. The van der Waals surface area contributed by atoms with E-state index in [-0.39, 0.29) is 11.8 Å². The summed E-state index contributed by atoms with van der Waals surface area (Å²) in [5, 5.41) is 9.38. The number of amides is 2. The van der Waals surface area contributed by atoms with Crippen molar-refractivity contribution in [1.82, 2.24) is 24.9 Å². The van der Waals surface area contributed by atoms with Gasteiger partial charge in [-0.2, -0.15) is 5.10 Å². The fourth-order valence-corrected chi connectivity index (χ4v) is 7.60. The molecule has 0 aliphatic carbocycles. The average molecular weight is 751 g/mol. The van der Waals surface area contributed by atoms with E-state index in [1.807, 2.05) is 38.1 Å². The Morgan fingerprint density at radius 2 is 1.53 bits per heavy atom. The van der Waals surface area contributed by atoms with Crippen LogP contribution in [0.25, 0.3) is 16.9 Å². The second-order valence-electron chi connectivity index (χ2n) is 13.5. The molecule has 5 rings (SSSR count). The number of unbranched alkanes of at least 4 members (excludes halogenated alkanes) is 5. The molecule has 3 aromatic carbocycles. The Labute approximate surface area is 318 Å². The van der Waals surface area contributed by atoms with Crippen LogP contribution in [0, 0.1) is 6.92 Å². The lowest BCUT2D eigenvalue weighted by Gasteiger charge is -2.38. The Morgan fingerprint density at radius 1 is 0.863 bits per heavy atom. The van der Waals surface area contributed by atoms with Gasteiger partial charge in [0.1, 0.15) is 0 Å². The van der Waals surface area contributed by atoms with Crippen LogP contribution < -0.4 is 5.32 Å². The highest BCUT2D eigenvalue weighted by molar-refractivity contribution is 6.35. The molecular weight excluding hydrogens is 701 g/mol. The molecule has 1 aliphatic rings. The first kappa shape index (κ1) is 38.9. The maximum Gasteiger partial charge on any atom is 0.272 e. The van der Waals surface area contributed by atoms with Crippen LogP contribution in [0.2, 0.25) is 15.1 Å². The zero-order chi connectivity index (χ0) is 36.2. The first-order valence-corrected chi connectivity index (χ1v) is 19.5. The van der Waals surface area contributed by atoms with Gasteiger partial charge < -0.3 is 15.1 Å². The summed E-state index contributed by atoms with van der Waals surface area (Å²) < 4.78 is 1.71. The molecule has 1 fully saturated rings. The maximum absolute atomic E-state index is 13.3. The normalized spacial score (nSPS) is 13.7. The van der Waals surface area contributed by atoms with Crippen molar-refractivity contribution >= 4 is 46.6 Å². The van der Waals surface area contributed by atoms with Crippen LogP contribution in [0.4, 0.5) is 0 Å². The molecule has 0 bridgehead atoms. The zero-order valence-electron chi connectivity index (χ0n) is 29.9. The molecule has 10 heteroatoms. The van der Waals surface area contributed by atoms with E-state index in [4.69, 9.17) is 39.9 Å². The lowest BCUT2D eigenvalue weighted by atomic mass is 10.0.